The third-order valence-electron chi connectivity index (χ3n) is 3.35. The van der Waals surface area contributed by atoms with Gasteiger partial charge < -0.3 is 4.42 Å². The summed E-state index contributed by atoms with van der Waals surface area (Å²) in [5.41, 5.74) is 0.886. The highest BCUT2D eigenvalue weighted by Crippen LogP contribution is 2.40. The van der Waals surface area contributed by atoms with Crippen LogP contribution in [0.25, 0.3) is 0 Å². The standard InChI is InChI=1S/C12H16F3NO3S/c1-9-4-11(19-8-9)7-16(2-3-20(15,17)18)10-5-12(13,14)6-10/h4,8,10H,2-3,5-7H2,1H3. The third kappa shape index (κ3) is 4.24. The van der Waals surface area contributed by atoms with E-state index in [1.165, 1.54) is 11.2 Å². The van der Waals surface area contributed by atoms with Crippen molar-refractivity contribution in [2.45, 2.75) is 38.3 Å². The smallest absolute Gasteiger partial charge is 0.303 e. The molecule has 2 rings (SSSR count). The second-order valence-electron chi connectivity index (χ2n) is 5.22. The summed E-state index contributed by atoms with van der Waals surface area (Å²) in [6.45, 7) is 1.89. The van der Waals surface area contributed by atoms with Crippen molar-refractivity contribution < 1.29 is 25.5 Å². The van der Waals surface area contributed by atoms with Crippen molar-refractivity contribution >= 4 is 10.2 Å². The van der Waals surface area contributed by atoms with Gasteiger partial charge in [-0.05, 0) is 18.6 Å². The van der Waals surface area contributed by atoms with Crippen molar-refractivity contribution in [2.24, 2.45) is 0 Å². The molecule has 8 heteroatoms. The molecule has 0 amide bonds. The number of hydrogen-bond acceptors (Lipinski definition) is 4. The highest BCUT2D eigenvalue weighted by atomic mass is 32.3. The van der Waals surface area contributed by atoms with Gasteiger partial charge in [0, 0.05) is 25.4 Å². The molecular weight excluding hydrogens is 295 g/mol. The molecule has 1 aliphatic rings. The van der Waals surface area contributed by atoms with Crippen molar-refractivity contribution in [3.05, 3.63) is 23.7 Å². The first-order chi connectivity index (χ1) is 9.15. The Labute approximate surface area is 115 Å². The third-order valence-corrected chi connectivity index (χ3v) is 4.02. The van der Waals surface area contributed by atoms with Crippen molar-refractivity contribution in [2.75, 3.05) is 12.3 Å². The fraction of sp³-hybridized carbons (Fsp3) is 0.667. The quantitative estimate of drug-likeness (QED) is 0.757. The van der Waals surface area contributed by atoms with Crippen molar-refractivity contribution in [3.63, 3.8) is 0 Å². The average Bonchev–Trinajstić information content (AvgIpc) is 2.65. The molecule has 1 heterocycles. The molecule has 114 valence electrons. The Kier molecular flexibility index (Phi) is 4.15. The zero-order chi connectivity index (χ0) is 15.0. The SMILES string of the molecule is Cc1coc(CN(CCS(=O)(=O)F)C2CC(F)(F)C2)c1. The van der Waals surface area contributed by atoms with Gasteiger partial charge in [-0.15, -0.1) is 3.89 Å². The van der Waals surface area contributed by atoms with Gasteiger partial charge in [0.1, 0.15) is 5.76 Å². The lowest BCUT2D eigenvalue weighted by Gasteiger charge is -2.42. The molecule has 0 radical (unpaired) electrons. The number of halogens is 3. The van der Waals surface area contributed by atoms with Gasteiger partial charge in [-0.2, -0.15) is 8.42 Å². The van der Waals surface area contributed by atoms with Crippen LogP contribution in [0.1, 0.15) is 24.2 Å². The van der Waals surface area contributed by atoms with Crippen molar-refractivity contribution in [1.29, 1.82) is 0 Å². The van der Waals surface area contributed by atoms with Crippen LogP contribution >= 0.6 is 0 Å². The van der Waals surface area contributed by atoms with E-state index in [1.54, 1.807) is 6.07 Å². The van der Waals surface area contributed by atoms with Crippen LogP contribution in [-0.2, 0) is 16.8 Å². The Morgan fingerprint density at radius 2 is 2.10 bits per heavy atom. The molecule has 0 unspecified atom stereocenters. The molecule has 20 heavy (non-hydrogen) atoms. The van der Waals surface area contributed by atoms with Gasteiger partial charge >= 0.3 is 10.2 Å². The lowest BCUT2D eigenvalue weighted by atomic mass is 9.87. The van der Waals surface area contributed by atoms with Crippen LogP contribution in [-0.4, -0.2) is 37.6 Å². The second-order valence-corrected chi connectivity index (χ2v) is 6.71. The van der Waals surface area contributed by atoms with Gasteiger partial charge in [-0.1, -0.05) is 0 Å². The molecular formula is C12H16F3NO3S. The fourth-order valence-electron chi connectivity index (χ4n) is 2.28. The number of furan rings is 1. The van der Waals surface area contributed by atoms with Gasteiger partial charge in [0.15, 0.2) is 0 Å². The maximum atomic E-state index is 12.9. The fourth-order valence-corrected chi connectivity index (χ4v) is 2.73. The molecule has 1 aromatic rings. The summed E-state index contributed by atoms with van der Waals surface area (Å²) in [4.78, 5) is 1.53. The zero-order valence-corrected chi connectivity index (χ0v) is 11.8. The van der Waals surface area contributed by atoms with E-state index < -0.39 is 27.9 Å². The predicted octanol–water partition coefficient (Wildman–Crippen LogP) is 2.49. The van der Waals surface area contributed by atoms with Gasteiger partial charge in [0.2, 0.25) is 0 Å². The summed E-state index contributed by atoms with van der Waals surface area (Å²) in [5, 5.41) is 0. The van der Waals surface area contributed by atoms with Gasteiger partial charge in [0.25, 0.3) is 5.92 Å². The topological polar surface area (TPSA) is 50.5 Å². The van der Waals surface area contributed by atoms with Gasteiger partial charge in [-0.3, -0.25) is 4.90 Å². The highest BCUT2D eigenvalue weighted by Gasteiger charge is 2.47. The summed E-state index contributed by atoms with van der Waals surface area (Å²) in [6.07, 6.45) is 0.854. The highest BCUT2D eigenvalue weighted by molar-refractivity contribution is 7.86. The Balaban J connectivity index is 2.00. The Bertz CT molecular complexity index is 562. The van der Waals surface area contributed by atoms with E-state index in [0.717, 1.165) is 5.56 Å². The first kappa shape index (κ1) is 15.4. The van der Waals surface area contributed by atoms with Crippen molar-refractivity contribution in [3.8, 4) is 0 Å². The van der Waals surface area contributed by atoms with Crippen LogP contribution in [0, 0.1) is 6.92 Å². The minimum atomic E-state index is -4.61. The Morgan fingerprint density at radius 1 is 1.45 bits per heavy atom. The maximum absolute atomic E-state index is 12.9. The van der Waals surface area contributed by atoms with Crippen LogP contribution in [0.3, 0.4) is 0 Å². The minimum absolute atomic E-state index is 0.126. The van der Waals surface area contributed by atoms with E-state index in [0.29, 0.717) is 5.76 Å². The first-order valence-corrected chi connectivity index (χ1v) is 7.78. The monoisotopic (exact) mass is 311 g/mol. The van der Waals surface area contributed by atoms with Crippen molar-refractivity contribution in [1.82, 2.24) is 4.90 Å². The van der Waals surface area contributed by atoms with E-state index in [-0.39, 0.29) is 25.9 Å². The van der Waals surface area contributed by atoms with E-state index in [2.05, 4.69) is 0 Å². The molecule has 0 aromatic carbocycles. The molecule has 0 bridgehead atoms. The van der Waals surface area contributed by atoms with Crippen LogP contribution < -0.4 is 0 Å². The largest absolute Gasteiger partial charge is 0.468 e. The lowest BCUT2D eigenvalue weighted by Crippen LogP contribution is -2.51. The van der Waals surface area contributed by atoms with E-state index in [4.69, 9.17) is 4.42 Å². The number of hydrogen-bond donors (Lipinski definition) is 0. The van der Waals surface area contributed by atoms with Crippen LogP contribution in [0.15, 0.2) is 16.7 Å². The summed E-state index contributed by atoms with van der Waals surface area (Å²) in [5.74, 6) is -2.86. The van der Waals surface area contributed by atoms with E-state index in [9.17, 15) is 21.1 Å². The predicted molar refractivity (Wildman–Crippen MR) is 66.7 cm³/mol. The molecule has 0 saturated heterocycles. The molecule has 4 nitrogen and oxygen atoms in total. The maximum Gasteiger partial charge on any atom is 0.303 e. The molecule has 0 N–H and O–H groups in total. The summed E-state index contributed by atoms with van der Waals surface area (Å²) < 4.78 is 64.8. The van der Waals surface area contributed by atoms with Gasteiger partial charge in [-0.25, -0.2) is 8.78 Å². The molecule has 0 aliphatic heterocycles. The van der Waals surface area contributed by atoms with E-state index in [1.807, 2.05) is 6.92 Å². The molecule has 1 aromatic heterocycles. The summed E-state index contributed by atoms with van der Waals surface area (Å²) >= 11 is 0. The average molecular weight is 311 g/mol. The number of aryl methyl sites for hydroxylation is 1. The number of rotatable bonds is 6. The zero-order valence-electron chi connectivity index (χ0n) is 11.0. The Morgan fingerprint density at radius 3 is 2.55 bits per heavy atom. The van der Waals surface area contributed by atoms with Crippen LogP contribution in [0.4, 0.5) is 12.7 Å². The Hall–Kier alpha value is -1.02. The molecule has 0 spiro atoms. The molecule has 1 fully saturated rings. The first-order valence-electron chi connectivity index (χ1n) is 6.23. The summed E-state index contributed by atoms with van der Waals surface area (Å²) in [6, 6.07) is 1.30. The summed E-state index contributed by atoms with van der Waals surface area (Å²) in [7, 11) is -4.61. The van der Waals surface area contributed by atoms with Crippen LogP contribution in [0.2, 0.25) is 0 Å². The lowest BCUT2D eigenvalue weighted by molar-refractivity contribution is -0.125. The molecule has 1 aliphatic carbocycles. The molecule has 1 saturated carbocycles. The normalized spacial score (nSPS) is 19.2. The minimum Gasteiger partial charge on any atom is -0.468 e. The number of alkyl halides is 2. The van der Waals surface area contributed by atoms with Crippen LogP contribution in [0.5, 0.6) is 0 Å². The number of nitrogens with zero attached hydrogens (tertiary/aromatic N) is 1. The van der Waals surface area contributed by atoms with Gasteiger partial charge in [0.05, 0.1) is 18.6 Å². The van der Waals surface area contributed by atoms with E-state index >= 15 is 0 Å². The molecule has 0 atom stereocenters. The second kappa shape index (κ2) is 5.40.